The molecule has 0 spiro atoms. The fraction of sp³-hybridized carbons (Fsp3) is 0.500. The van der Waals surface area contributed by atoms with Gasteiger partial charge in [0, 0.05) is 32.9 Å². The van der Waals surface area contributed by atoms with Crippen molar-refractivity contribution in [1.29, 1.82) is 0 Å². The van der Waals surface area contributed by atoms with E-state index in [0.717, 1.165) is 22.3 Å². The van der Waals surface area contributed by atoms with E-state index in [-0.39, 0.29) is 0 Å². The van der Waals surface area contributed by atoms with Crippen LogP contribution in [0.5, 0.6) is 0 Å². The van der Waals surface area contributed by atoms with Crippen molar-refractivity contribution in [3.63, 3.8) is 0 Å². The van der Waals surface area contributed by atoms with Crippen molar-refractivity contribution < 1.29 is 5.11 Å². The average Bonchev–Trinajstić information content (AvgIpc) is 2.87. The molecule has 98 valence electrons. The minimum absolute atomic E-state index is 0.495. The van der Waals surface area contributed by atoms with Crippen LogP contribution >= 0.6 is 15.9 Å². The van der Waals surface area contributed by atoms with Crippen molar-refractivity contribution in [1.82, 2.24) is 19.3 Å². The molecule has 0 fully saturated rings. The maximum atomic E-state index is 10.2. The first-order chi connectivity index (χ1) is 8.54. The molecule has 2 aromatic rings. The lowest BCUT2D eigenvalue weighted by molar-refractivity contribution is 0.162. The second kappa shape index (κ2) is 5.24. The molecule has 1 atom stereocenters. The Morgan fingerprint density at radius 1 is 1.44 bits per heavy atom. The predicted octanol–water partition coefficient (Wildman–Crippen LogP) is 1.75. The van der Waals surface area contributed by atoms with E-state index in [1.54, 1.807) is 6.20 Å². The molecular weight excluding hydrogens is 296 g/mol. The molecule has 0 aliphatic carbocycles. The van der Waals surface area contributed by atoms with Gasteiger partial charge in [0.15, 0.2) is 0 Å². The van der Waals surface area contributed by atoms with Crippen molar-refractivity contribution in [3.05, 3.63) is 34.1 Å². The van der Waals surface area contributed by atoms with Crippen LogP contribution in [0.2, 0.25) is 0 Å². The summed E-state index contributed by atoms with van der Waals surface area (Å²) >= 11 is 3.55. The van der Waals surface area contributed by atoms with Gasteiger partial charge in [0.05, 0.1) is 15.9 Å². The Morgan fingerprint density at radius 2 is 2.17 bits per heavy atom. The molecule has 0 saturated heterocycles. The molecule has 0 amide bonds. The smallest absolute Gasteiger partial charge is 0.137 e. The molecule has 2 rings (SSSR count). The summed E-state index contributed by atoms with van der Waals surface area (Å²) in [5.41, 5.74) is 2.00. The van der Waals surface area contributed by atoms with Crippen LogP contribution in [0.1, 0.15) is 30.2 Å². The van der Waals surface area contributed by atoms with Crippen LogP contribution in [0, 0.1) is 0 Å². The zero-order valence-electron chi connectivity index (χ0n) is 10.8. The fourth-order valence-corrected chi connectivity index (χ4v) is 2.79. The van der Waals surface area contributed by atoms with Gasteiger partial charge in [0.25, 0.3) is 0 Å². The second-order valence-corrected chi connectivity index (χ2v) is 5.09. The summed E-state index contributed by atoms with van der Waals surface area (Å²) in [5, 5.41) is 14.6. The number of aryl methyl sites for hydroxylation is 3. The highest BCUT2D eigenvalue weighted by Gasteiger charge is 2.19. The van der Waals surface area contributed by atoms with E-state index in [0.29, 0.717) is 12.2 Å². The third-order valence-corrected chi connectivity index (χ3v) is 3.96. The molecule has 0 saturated carbocycles. The number of rotatable bonds is 4. The topological polar surface area (TPSA) is 55.9 Å². The van der Waals surface area contributed by atoms with Gasteiger partial charge in [-0.25, -0.2) is 4.98 Å². The van der Waals surface area contributed by atoms with Crippen LogP contribution in [-0.2, 0) is 26.9 Å². The van der Waals surface area contributed by atoms with Crippen LogP contribution in [0.3, 0.4) is 0 Å². The lowest BCUT2D eigenvalue weighted by atomic mass is 10.1. The molecule has 18 heavy (non-hydrogen) atoms. The lowest BCUT2D eigenvalue weighted by Crippen LogP contribution is -2.11. The van der Waals surface area contributed by atoms with Gasteiger partial charge in [-0.1, -0.05) is 6.92 Å². The summed E-state index contributed by atoms with van der Waals surface area (Å²) in [6.45, 7) is 2.06. The Kier molecular flexibility index (Phi) is 3.87. The largest absolute Gasteiger partial charge is 0.385 e. The van der Waals surface area contributed by atoms with Gasteiger partial charge in [-0.15, -0.1) is 0 Å². The molecule has 2 heterocycles. The number of nitrogens with zero attached hydrogens (tertiary/aromatic N) is 4. The van der Waals surface area contributed by atoms with Gasteiger partial charge in [0.1, 0.15) is 11.9 Å². The van der Waals surface area contributed by atoms with Crippen LogP contribution < -0.4 is 0 Å². The van der Waals surface area contributed by atoms with Crippen molar-refractivity contribution in [2.75, 3.05) is 0 Å². The highest BCUT2D eigenvalue weighted by atomic mass is 79.9. The summed E-state index contributed by atoms with van der Waals surface area (Å²) in [7, 11) is 3.77. The van der Waals surface area contributed by atoms with Gasteiger partial charge < -0.3 is 9.67 Å². The molecule has 5 nitrogen and oxygen atoms in total. The van der Waals surface area contributed by atoms with Gasteiger partial charge in [-0.2, -0.15) is 5.10 Å². The summed E-state index contributed by atoms with van der Waals surface area (Å²) in [6.07, 6.45) is 4.26. The first-order valence-electron chi connectivity index (χ1n) is 5.90. The third kappa shape index (κ3) is 2.35. The third-order valence-electron chi connectivity index (χ3n) is 3.05. The predicted molar refractivity (Wildman–Crippen MR) is 72.2 cm³/mol. The fourth-order valence-electron chi connectivity index (χ4n) is 2.01. The van der Waals surface area contributed by atoms with E-state index in [9.17, 15) is 5.11 Å². The Labute approximate surface area is 115 Å². The van der Waals surface area contributed by atoms with Crippen molar-refractivity contribution in [2.45, 2.75) is 25.9 Å². The van der Waals surface area contributed by atoms with Crippen molar-refractivity contribution >= 4 is 15.9 Å². The van der Waals surface area contributed by atoms with E-state index >= 15 is 0 Å². The number of aliphatic hydroxyl groups is 1. The van der Waals surface area contributed by atoms with E-state index in [2.05, 4.69) is 32.9 Å². The Morgan fingerprint density at radius 3 is 2.67 bits per heavy atom. The molecule has 1 N–H and O–H groups in total. The van der Waals surface area contributed by atoms with Crippen LogP contribution in [0.25, 0.3) is 0 Å². The normalized spacial score (nSPS) is 12.9. The zero-order chi connectivity index (χ0) is 13.3. The number of aromatic nitrogens is 4. The lowest BCUT2D eigenvalue weighted by Gasteiger charge is -2.11. The van der Waals surface area contributed by atoms with Gasteiger partial charge in [-0.3, -0.25) is 4.68 Å². The maximum Gasteiger partial charge on any atom is 0.137 e. The van der Waals surface area contributed by atoms with Crippen LogP contribution in [-0.4, -0.2) is 24.4 Å². The van der Waals surface area contributed by atoms with Crippen molar-refractivity contribution in [2.24, 2.45) is 14.1 Å². The van der Waals surface area contributed by atoms with E-state index in [1.165, 1.54) is 0 Å². The summed E-state index contributed by atoms with van der Waals surface area (Å²) in [4.78, 5) is 4.17. The Balaban J connectivity index is 2.24. The average molecular weight is 313 g/mol. The molecule has 0 bridgehead atoms. The van der Waals surface area contributed by atoms with E-state index in [4.69, 9.17) is 0 Å². The highest BCUT2D eigenvalue weighted by Crippen LogP contribution is 2.26. The SMILES string of the molecule is CCc1nn(C)c(CC(O)c2nccn2C)c1Br. The monoisotopic (exact) mass is 312 g/mol. The number of imidazole rings is 1. The molecule has 0 aliphatic rings. The zero-order valence-corrected chi connectivity index (χ0v) is 12.3. The quantitative estimate of drug-likeness (QED) is 0.936. The number of hydrogen-bond donors (Lipinski definition) is 1. The molecule has 0 radical (unpaired) electrons. The Hall–Kier alpha value is -1.14. The standard InChI is InChI=1S/C12H17BrN4O/c1-4-8-11(13)9(17(3)15-8)7-10(18)12-14-5-6-16(12)2/h5-6,10,18H,4,7H2,1-3H3. The first kappa shape index (κ1) is 13.3. The maximum absolute atomic E-state index is 10.2. The van der Waals surface area contributed by atoms with Gasteiger partial charge in [-0.05, 0) is 22.4 Å². The van der Waals surface area contributed by atoms with Crippen molar-refractivity contribution in [3.8, 4) is 0 Å². The van der Waals surface area contributed by atoms with Gasteiger partial charge >= 0.3 is 0 Å². The summed E-state index contributed by atoms with van der Waals surface area (Å²) in [6, 6.07) is 0. The minimum Gasteiger partial charge on any atom is -0.385 e. The Bertz CT molecular complexity index is 546. The second-order valence-electron chi connectivity index (χ2n) is 4.30. The summed E-state index contributed by atoms with van der Waals surface area (Å²) in [5.74, 6) is 0.668. The molecular formula is C12H17BrN4O. The number of aliphatic hydroxyl groups excluding tert-OH is 1. The highest BCUT2D eigenvalue weighted by molar-refractivity contribution is 9.10. The molecule has 1 unspecified atom stereocenters. The molecule has 0 aromatic carbocycles. The van der Waals surface area contributed by atoms with Gasteiger partial charge in [0.2, 0.25) is 0 Å². The summed E-state index contributed by atoms with van der Waals surface area (Å²) < 4.78 is 4.63. The molecule has 6 heteroatoms. The molecule has 2 aromatic heterocycles. The van der Waals surface area contributed by atoms with Crippen LogP contribution in [0.15, 0.2) is 16.9 Å². The first-order valence-corrected chi connectivity index (χ1v) is 6.69. The van der Waals surface area contributed by atoms with E-state index < -0.39 is 6.10 Å². The number of hydrogen-bond acceptors (Lipinski definition) is 3. The minimum atomic E-state index is -0.624. The van der Waals surface area contributed by atoms with E-state index in [1.807, 2.05) is 29.5 Å². The van der Waals surface area contributed by atoms with Crippen LogP contribution in [0.4, 0.5) is 0 Å². The molecule has 0 aliphatic heterocycles. The number of halogens is 1.